The number of likely N-dealkylation sites (tertiary alicyclic amines) is 1. The van der Waals surface area contributed by atoms with E-state index in [0.29, 0.717) is 5.92 Å². The van der Waals surface area contributed by atoms with Gasteiger partial charge in [-0.15, -0.1) is 0 Å². The Labute approximate surface area is 125 Å². The molecule has 3 atom stereocenters. The van der Waals surface area contributed by atoms with Gasteiger partial charge in [0.05, 0.1) is 12.3 Å². The van der Waals surface area contributed by atoms with E-state index in [1.54, 1.807) is 0 Å². The minimum absolute atomic E-state index is 0.240. The third-order valence-corrected chi connectivity index (χ3v) is 5.05. The zero-order valence-corrected chi connectivity index (χ0v) is 12.3. The molecule has 110 valence electrons. The van der Waals surface area contributed by atoms with Gasteiger partial charge in [-0.2, -0.15) is 5.10 Å². The molecule has 0 saturated carbocycles. The molecule has 4 rings (SSSR count). The van der Waals surface area contributed by atoms with Crippen molar-refractivity contribution in [2.24, 2.45) is 7.05 Å². The van der Waals surface area contributed by atoms with Crippen LogP contribution in [0.2, 0.25) is 0 Å². The first-order valence-electron chi connectivity index (χ1n) is 7.71. The van der Waals surface area contributed by atoms with E-state index in [2.05, 4.69) is 34.4 Å². The number of benzene rings is 1. The number of aryl methyl sites for hydroxylation is 1. The summed E-state index contributed by atoms with van der Waals surface area (Å²) in [6.45, 7) is 2.09. The summed E-state index contributed by atoms with van der Waals surface area (Å²) in [6.07, 6.45) is 5.89. The summed E-state index contributed by atoms with van der Waals surface area (Å²) in [5, 5.41) is 14.9. The summed E-state index contributed by atoms with van der Waals surface area (Å²) in [5.41, 5.74) is 3.75. The van der Waals surface area contributed by atoms with Crippen LogP contribution in [0.3, 0.4) is 0 Å². The third kappa shape index (κ3) is 2.19. The Balaban J connectivity index is 1.50. The molecule has 1 fully saturated rings. The highest BCUT2D eigenvalue weighted by molar-refractivity contribution is 5.36. The summed E-state index contributed by atoms with van der Waals surface area (Å²) in [4.78, 5) is 2.46. The van der Waals surface area contributed by atoms with Crippen LogP contribution in [0.25, 0.3) is 0 Å². The van der Waals surface area contributed by atoms with E-state index in [9.17, 15) is 5.11 Å². The van der Waals surface area contributed by atoms with Crippen LogP contribution >= 0.6 is 0 Å². The number of nitrogens with zero attached hydrogens (tertiary/aromatic N) is 3. The van der Waals surface area contributed by atoms with Crippen molar-refractivity contribution in [1.82, 2.24) is 14.7 Å². The average molecular weight is 283 g/mol. The van der Waals surface area contributed by atoms with Gasteiger partial charge in [-0.1, -0.05) is 24.3 Å². The van der Waals surface area contributed by atoms with Crippen molar-refractivity contribution in [2.45, 2.75) is 30.9 Å². The van der Waals surface area contributed by atoms with Gasteiger partial charge in [0.2, 0.25) is 0 Å². The van der Waals surface area contributed by atoms with E-state index < -0.39 is 0 Å². The van der Waals surface area contributed by atoms with E-state index >= 15 is 0 Å². The summed E-state index contributed by atoms with van der Waals surface area (Å²) in [5.74, 6) is 0.551. The van der Waals surface area contributed by atoms with Crippen molar-refractivity contribution < 1.29 is 5.11 Å². The number of aromatic nitrogens is 2. The summed E-state index contributed by atoms with van der Waals surface area (Å²) in [7, 11) is 1.97. The molecule has 1 aromatic carbocycles. The van der Waals surface area contributed by atoms with Crippen molar-refractivity contribution >= 4 is 0 Å². The number of fused-ring (bicyclic) bond motifs is 1. The molecule has 4 heteroatoms. The number of hydrogen-bond donors (Lipinski definition) is 1. The van der Waals surface area contributed by atoms with E-state index in [4.69, 9.17) is 0 Å². The highest BCUT2D eigenvalue weighted by atomic mass is 16.3. The third-order valence-electron chi connectivity index (χ3n) is 5.05. The van der Waals surface area contributed by atoms with Gasteiger partial charge in [0.25, 0.3) is 0 Å². The second-order valence-electron chi connectivity index (χ2n) is 6.34. The minimum atomic E-state index is -0.339. The van der Waals surface area contributed by atoms with Crippen molar-refractivity contribution in [3.05, 3.63) is 53.3 Å². The normalized spacial score (nSPS) is 29.0. The molecule has 0 spiro atoms. The van der Waals surface area contributed by atoms with Crippen molar-refractivity contribution in [1.29, 1.82) is 0 Å². The van der Waals surface area contributed by atoms with Crippen LogP contribution < -0.4 is 0 Å². The first kappa shape index (κ1) is 13.0. The lowest BCUT2D eigenvalue weighted by Gasteiger charge is -2.26. The van der Waals surface area contributed by atoms with Gasteiger partial charge >= 0.3 is 0 Å². The Kier molecular flexibility index (Phi) is 3.08. The smallest absolute Gasteiger partial charge is 0.0951 e. The van der Waals surface area contributed by atoms with Crippen LogP contribution in [0.4, 0.5) is 0 Å². The Morgan fingerprint density at radius 3 is 2.90 bits per heavy atom. The number of aliphatic hydroxyl groups is 1. The molecular weight excluding hydrogens is 262 g/mol. The molecule has 1 N–H and O–H groups in total. The molecule has 4 nitrogen and oxygen atoms in total. The van der Waals surface area contributed by atoms with Crippen LogP contribution in [0.15, 0.2) is 36.7 Å². The van der Waals surface area contributed by atoms with E-state index in [1.807, 2.05) is 24.0 Å². The number of aliphatic hydroxyl groups excluding tert-OH is 1. The Morgan fingerprint density at radius 1 is 1.29 bits per heavy atom. The largest absolute Gasteiger partial charge is 0.387 e. The molecule has 0 bridgehead atoms. The SMILES string of the molecule is Cn1cc([C@@H]2CCN([C@H]3Cc4ccccc4[C@H]3O)C2)cn1. The van der Waals surface area contributed by atoms with Gasteiger partial charge in [0.15, 0.2) is 0 Å². The zero-order chi connectivity index (χ0) is 14.4. The van der Waals surface area contributed by atoms with Gasteiger partial charge in [0, 0.05) is 31.7 Å². The first-order valence-corrected chi connectivity index (χ1v) is 7.71. The van der Waals surface area contributed by atoms with Gasteiger partial charge < -0.3 is 5.11 Å². The molecule has 2 aliphatic rings. The molecule has 1 aliphatic carbocycles. The lowest BCUT2D eigenvalue weighted by atomic mass is 10.0. The summed E-state index contributed by atoms with van der Waals surface area (Å²) < 4.78 is 1.87. The van der Waals surface area contributed by atoms with E-state index in [-0.39, 0.29) is 12.1 Å². The Morgan fingerprint density at radius 2 is 2.14 bits per heavy atom. The molecule has 1 aromatic heterocycles. The van der Waals surface area contributed by atoms with Crippen LogP contribution in [-0.4, -0.2) is 38.9 Å². The second kappa shape index (κ2) is 4.97. The lowest BCUT2D eigenvalue weighted by molar-refractivity contribution is 0.0742. The van der Waals surface area contributed by atoms with Crippen LogP contribution in [0.5, 0.6) is 0 Å². The lowest BCUT2D eigenvalue weighted by Crippen LogP contribution is -2.36. The molecule has 0 radical (unpaired) electrons. The maximum Gasteiger partial charge on any atom is 0.0951 e. The number of hydrogen-bond acceptors (Lipinski definition) is 3. The molecule has 2 heterocycles. The zero-order valence-electron chi connectivity index (χ0n) is 12.3. The minimum Gasteiger partial charge on any atom is -0.387 e. The predicted octanol–water partition coefficient (Wildman–Crippen LogP) is 1.87. The van der Waals surface area contributed by atoms with E-state index in [1.165, 1.54) is 11.1 Å². The van der Waals surface area contributed by atoms with E-state index in [0.717, 1.165) is 31.5 Å². The predicted molar refractivity (Wildman–Crippen MR) is 81.0 cm³/mol. The molecule has 1 saturated heterocycles. The van der Waals surface area contributed by atoms with Crippen LogP contribution in [-0.2, 0) is 13.5 Å². The molecular formula is C17H21N3O. The maximum atomic E-state index is 10.6. The standard InChI is InChI=1S/C17H21N3O/c1-19-10-14(9-18-19)13-6-7-20(11-13)16-8-12-4-2-3-5-15(12)17(16)21/h2-5,9-10,13,16-17,21H,6-8,11H2,1H3/t13-,16+,17-/m1/s1. The topological polar surface area (TPSA) is 41.3 Å². The van der Waals surface area contributed by atoms with Crippen LogP contribution in [0, 0.1) is 0 Å². The molecule has 21 heavy (non-hydrogen) atoms. The van der Waals surface area contributed by atoms with Crippen LogP contribution in [0.1, 0.15) is 35.1 Å². The Bertz CT molecular complexity index is 651. The van der Waals surface area contributed by atoms with Gasteiger partial charge in [-0.3, -0.25) is 9.58 Å². The molecule has 2 aromatic rings. The fourth-order valence-electron chi connectivity index (χ4n) is 3.89. The monoisotopic (exact) mass is 283 g/mol. The highest BCUT2D eigenvalue weighted by Crippen LogP contribution is 2.38. The Hall–Kier alpha value is -1.65. The quantitative estimate of drug-likeness (QED) is 0.915. The number of rotatable bonds is 2. The molecule has 0 amide bonds. The fourth-order valence-corrected chi connectivity index (χ4v) is 3.89. The molecule has 1 aliphatic heterocycles. The average Bonchev–Trinajstić information content (AvgIpc) is 3.18. The van der Waals surface area contributed by atoms with Crippen molar-refractivity contribution in [3.8, 4) is 0 Å². The fraction of sp³-hybridized carbons (Fsp3) is 0.471. The maximum absolute atomic E-state index is 10.6. The van der Waals surface area contributed by atoms with Crippen molar-refractivity contribution in [3.63, 3.8) is 0 Å². The summed E-state index contributed by atoms with van der Waals surface area (Å²) in [6, 6.07) is 8.54. The second-order valence-corrected chi connectivity index (χ2v) is 6.34. The highest BCUT2D eigenvalue weighted by Gasteiger charge is 2.38. The van der Waals surface area contributed by atoms with Crippen molar-refractivity contribution in [2.75, 3.05) is 13.1 Å². The van der Waals surface area contributed by atoms with Gasteiger partial charge in [0.1, 0.15) is 0 Å². The first-order chi connectivity index (χ1) is 10.2. The van der Waals surface area contributed by atoms with Gasteiger partial charge in [-0.25, -0.2) is 0 Å². The molecule has 0 unspecified atom stereocenters. The van der Waals surface area contributed by atoms with Gasteiger partial charge in [-0.05, 0) is 36.1 Å². The summed E-state index contributed by atoms with van der Waals surface area (Å²) >= 11 is 0.